The van der Waals surface area contributed by atoms with Gasteiger partial charge in [0.2, 0.25) is 0 Å². The summed E-state index contributed by atoms with van der Waals surface area (Å²) in [6.45, 7) is 5.69. The summed E-state index contributed by atoms with van der Waals surface area (Å²) in [5, 5.41) is 7.06. The number of hydrogen-bond acceptors (Lipinski definition) is 3. The Morgan fingerprint density at radius 3 is 2.78 bits per heavy atom. The van der Waals surface area contributed by atoms with Crippen molar-refractivity contribution in [2.75, 3.05) is 25.1 Å². The number of hydrogen-bond donors (Lipinski definition) is 2. The number of nitrogens with zero attached hydrogens (tertiary/aromatic N) is 1. The Balaban J connectivity index is 1.75. The van der Waals surface area contributed by atoms with Gasteiger partial charge in [-0.3, -0.25) is 4.90 Å². The van der Waals surface area contributed by atoms with E-state index in [1.807, 2.05) is 0 Å². The molecule has 1 unspecified atom stereocenters. The van der Waals surface area contributed by atoms with Gasteiger partial charge in [-0.15, -0.1) is 0 Å². The van der Waals surface area contributed by atoms with E-state index in [2.05, 4.69) is 46.7 Å². The maximum Gasteiger partial charge on any atom is 0.0683 e. The first kappa shape index (κ1) is 12.0. The number of nitrogens with one attached hydrogen (secondary N) is 2. The Kier molecular flexibility index (Phi) is 3.52. The molecule has 0 saturated carbocycles. The highest BCUT2D eigenvalue weighted by Gasteiger charge is 2.27. The molecule has 0 bridgehead atoms. The van der Waals surface area contributed by atoms with Gasteiger partial charge in [0.25, 0.3) is 0 Å². The average Bonchev–Trinajstić information content (AvgIpc) is 2.58. The van der Waals surface area contributed by atoms with E-state index in [0.717, 1.165) is 19.1 Å². The molecule has 2 aliphatic heterocycles. The van der Waals surface area contributed by atoms with Crippen LogP contribution in [0.2, 0.25) is 0 Å². The summed E-state index contributed by atoms with van der Waals surface area (Å²) in [6.07, 6.45) is 3.72. The first-order chi connectivity index (χ1) is 8.84. The summed E-state index contributed by atoms with van der Waals surface area (Å²) in [6, 6.07) is 10.1. The topological polar surface area (TPSA) is 27.3 Å². The van der Waals surface area contributed by atoms with Crippen molar-refractivity contribution in [2.45, 2.75) is 38.3 Å². The quantitative estimate of drug-likeness (QED) is 0.793. The monoisotopic (exact) mass is 245 g/mol. The Labute approximate surface area is 110 Å². The third-order valence-corrected chi connectivity index (χ3v) is 4.33. The normalized spacial score (nSPS) is 26.2. The van der Waals surface area contributed by atoms with Crippen molar-refractivity contribution < 1.29 is 0 Å². The highest BCUT2D eigenvalue weighted by atomic mass is 15.3. The van der Waals surface area contributed by atoms with Crippen molar-refractivity contribution in [3.63, 3.8) is 0 Å². The summed E-state index contributed by atoms with van der Waals surface area (Å²) >= 11 is 0. The minimum atomic E-state index is 0.629. The molecule has 3 nitrogen and oxygen atoms in total. The van der Waals surface area contributed by atoms with Crippen LogP contribution in [0.5, 0.6) is 0 Å². The van der Waals surface area contributed by atoms with Crippen LogP contribution in [0.4, 0.5) is 5.69 Å². The maximum absolute atomic E-state index is 3.61. The lowest BCUT2D eigenvalue weighted by Crippen LogP contribution is -2.48. The zero-order valence-corrected chi connectivity index (χ0v) is 11.2. The van der Waals surface area contributed by atoms with Crippen LogP contribution in [0.1, 0.15) is 25.3 Å². The van der Waals surface area contributed by atoms with Crippen molar-refractivity contribution >= 4 is 5.69 Å². The molecule has 1 fully saturated rings. The molecule has 2 heterocycles. The van der Waals surface area contributed by atoms with Gasteiger partial charge in [0.15, 0.2) is 0 Å². The molecule has 0 radical (unpaired) electrons. The molecule has 1 aromatic rings. The molecule has 0 amide bonds. The molecule has 1 saturated heterocycles. The summed E-state index contributed by atoms with van der Waals surface area (Å²) in [4.78, 5) is 2.65. The number of fused-ring (bicyclic) bond motifs is 1. The number of rotatable bonds is 1. The molecule has 2 N–H and O–H groups in total. The van der Waals surface area contributed by atoms with Gasteiger partial charge < -0.3 is 10.6 Å². The van der Waals surface area contributed by atoms with Gasteiger partial charge in [-0.25, -0.2) is 0 Å². The van der Waals surface area contributed by atoms with Crippen LogP contribution in [0, 0.1) is 0 Å². The van der Waals surface area contributed by atoms with Crippen molar-refractivity contribution in [1.29, 1.82) is 0 Å². The van der Waals surface area contributed by atoms with Crippen molar-refractivity contribution in [2.24, 2.45) is 0 Å². The molecule has 18 heavy (non-hydrogen) atoms. The smallest absolute Gasteiger partial charge is 0.0683 e. The number of anilines is 1. The second kappa shape index (κ2) is 5.29. The fourth-order valence-corrected chi connectivity index (χ4v) is 3.27. The third-order valence-electron chi connectivity index (χ3n) is 4.33. The summed E-state index contributed by atoms with van der Waals surface area (Å²) < 4.78 is 0. The van der Waals surface area contributed by atoms with Crippen LogP contribution in [0.3, 0.4) is 0 Å². The third kappa shape index (κ3) is 2.38. The SMILES string of the molecule is CC1Cc2ccccc2NCN1C1CCNCC1. The maximum atomic E-state index is 3.61. The highest BCUT2D eigenvalue weighted by molar-refractivity contribution is 5.52. The lowest BCUT2D eigenvalue weighted by Gasteiger charge is -2.37. The van der Waals surface area contributed by atoms with Crippen molar-refractivity contribution in [3.05, 3.63) is 29.8 Å². The molecule has 3 heteroatoms. The van der Waals surface area contributed by atoms with Crippen LogP contribution in [0.25, 0.3) is 0 Å². The van der Waals surface area contributed by atoms with Crippen molar-refractivity contribution in [3.8, 4) is 0 Å². The first-order valence-corrected chi connectivity index (χ1v) is 7.13. The van der Waals surface area contributed by atoms with Gasteiger partial charge in [-0.1, -0.05) is 18.2 Å². The van der Waals surface area contributed by atoms with Crippen LogP contribution >= 0.6 is 0 Å². The highest BCUT2D eigenvalue weighted by Crippen LogP contribution is 2.25. The summed E-state index contributed by atoms with van der Waals surface area (Å²) in [5.41, 5.74) is 2.78. The van der Waals surface area contributed by atoms with E-state index in [1.54, 1.807) is 0 Å². The fourth-order valence-electron chi connectivity index (χ4n) is 3.27. The van der Waals surface area contributed by atoms with Crippen LogP contribution in [0.15, 0.2) is 24.3 Å². The summed E-state index contributed by atoms with van der Waals surface area (Å²) in [7, 11) is 0. The van der Waals surface area contributed by atoms with Gasteiger partial charge in [-0.2, -0.15) is 0 Å². The predicted molar refractivity (Wildman–Crippen MR) is 75.8 cm³/mol. The molecule has 2 aliphatic rings. The van der Waals surface area contributed by atoms with Crippen LogP contribution in [-0.2, 0) is 6.42 Å². The Morgan fingerprint density at radius 1 is 1.17 bits per heavy atom. The van der Waals surface area contributed by atoms with Crippen LogP contribution < -0.4 is 10.6 Å². The van der Waals surface area contributed by atoms with Gasteiger partial charge in [-0.05, 0) is 50.9 Å². The fraction of sp³-hybridized carbons (Fsp3) is 0.600. The molecule has 1 atom stereocenters. The number of piperidine rings is 1. The van der Waals surface area contributed by atoms with E-state index < -0.39 is 0 Å². The molecule has 1 aromatic carbocycles. The van der Waals surface area contributed by atoms with Gasteiger partial charge >= 0.3 is 0 Å². The zero-order valence-electron chi connectivity index (χ0n) is 11.2. The molecule has 3 rings (SSSR count). The summed E-state index contributed by atoms with van der Waals surface area (Å²) in [5.74, 6) is 0. The van der Waals surface area contributed by atoms with E-state index in [9.17, 15) is 0 Å². The van der Waals surface area contributed by atoms with E-state index in [4.69, 9.17) is 0 Å². The van der Waals surface area contributed by atoms with Crippen LogP contribution in [-0.4, -0.2) is 36.7 Å². The minimum absolute atomic E-state index is 0.629. The lowest BCUT2D eigenvalue weighted by molar-refractivity contribution is 0.129. The van der Waals surface area contributed by atoms with Crippen molar-refractivity contribution in [1.82, 2.24) is 10.2 Å². The molecular formula is C15H23N3. The molecule has 0 spiro atoms. The number of para-hydroxylation sites is 1. The molecular weight excluding hydrogens is 222 g/mol. The average molecular weight is 245 g/mol. The largest absolute Gasteiger partial charge is 0.372 e. The number of benzene rings is 1. The lowest BCUT2D eigenvalue weighted by atomic mass is 10.0. The van der Waals surface area contributed by atoms with E-state index in [1.165, 1.54) is 37.2 Å². The molecule has 0 aliphatic carbocycles. The Hall–Kier alpha value is -1.06. The predicted octanol–water partition coefficient (Wildman–Crippen LogP) is 2.05. The van der Waals surface area contributed by atoms with E-state index >= 15 is 0 Å². The van der Waals surface area contributed by atoms with Gasteiger partial charge in [0.05, 0.1) is 6.67 Å². The molecule has 98 valence electrons. The standard InChI is InChI=1S/C15H23N3/c1-12-10-13-4-2-3-5-15(13)17-11-18(12)14-6-8-16-9-7-14/h2-5,12,14,16-17H,6-11H2,1H3. The Morgan fingerprint density at radius 2 is 1.94 bits per heavy atom. The minimum Gasteiger partial charge on any atom is -0.372 e. The van der Waals surface area contributed by atoms with Gasteiger partial charge in [0, 0.05) is 17.8 Å². The van der Waals surface area contributed by atoms with E-state index in [0.29, 0.717) is 6.04 Å². The second-order valence-electron chi connectivity index (χ2n) is 5.54. The van der Waals surface area contributed by atoms with Gasteiger partial charge in [0.1, 0.15) is 0 Å². The second-order valence-corrected chi connectivity index (χ2v) is 5.54. The molecule has 0 aromatic heterocycles. The van der Waals surface area contributed by atoms with E-state index in [-0.39, 0.29) is 0 Å². The Bertz CT molecular complexity index is 398. The first-order valence-electron chi connectivity index (χ1n) is 7.13. The zero-order chi connectivity index (χ0) is 12.4.